The molecule has 4 heteroatoms. The minimum absolute atomic E-state index is 0.0307. The number of rotatable bonds is 3. The van der Waals surface area contributed by atoms with Crippen molar-refractivity contribution in [2.24, 2.45) is 35.5 Å². The number of para-hydroxylation sites is 1. The highest BCUT2D eigenvalue weighted by Crippen LogP contribution is 2.65. The average Bonchev–Trinajstić information content (AvgIpc) is 3.33. The first-order chi connectivity index (χ1) is 10.8. The number of carbonyl (C=O) groups is 2. The lowest BCUT2D eigenvalue weighted by molar-refractivity contribution is -0.139. The van der Waals surface area contributed by atoms with Crippen molar-refractivity contribution in [3.63, 3.8) is 0 Å². The number of nitrogens with one attached hydrogen (secondary N) is 1. The standard InChI is InChI=1S/C18H18N2O2/c21-17-15-11-6-7-12(14-8-13(11)14)16(15)18(22)20(17)9-19-10-4-2-1-3-5-10/h1-7,11-16,19H,8-9H2/t11-,12-,13-,14+,15+,16+/m0/s1. The highest BCUT2D eigenvalue weighted by molar-refractivity contribution is 6.06. The molecule has 4 nitrogen and oxygen atoms in total. The summed E-state index contributed by atoms with van der Waals surface area (Å²) in [5.74, 6) is 1.81. The Morgan fingerprint density at radius 1 is 0.955 bits per heavy atom. The molecule has 1 aliphatic heterocycles. The van der Waals surface area contributed by atoms with Gasteiger partial charge in [0, 0.05) is 5.69 Å². The van der Waals surface area contributed by atoms with Crippen LogP contribution in [-0.4, -0.2) is 23.4 Å². The van der Waals surface area contributed by atoms with Crippen LogP contribution in [0.1, 0.15) is 6.42 Å². The van der Waals surface area contributed by atoms with E-state index >= 15 is 0 Å². The molecule has 0 spiro atoms. The van der Waals surface area contributed by atoms with Crippen LogP contribution in [0, 0.1) is 35.5 Å². The number of hydrogen-bond acceptors (Lipinski definition) is 3. The zero-order chi connectivity index (χ0) is 14.8. The van der Waals surface area contributed by atoms with E-state index in [4.69, 9.17) is 0 Å². The average molecular weight is 294 g/mol. The van der Waals surface area contributed by atoms with Crippen LogP contribution in [0.25, 0.3) is 0 Å². The van der Waals surface area contributed by atoms with Crippen molar-refractivity contribution >= 4 is 17.5 Å². The van der Waals surface area contributed by atoms with Crippen LogP contribution in [0.2, 0.25) is 0 Å². The summed E-state index contributed by atoms with van der Waals surface area (Å²) in [6.07, 6.45) is 5.62. The fraction of sp³-hybridized carbons (Fsp3) is 0.444. The van der Waals surface area contributed by atoms with Crippen molar-refractivity contribution in [3.05, 3.63) is 42.5 Å². The molecule has 3 fully saturated rings. The molecule has 6 rings (SSSR count). The van der Waals surface area contributed by atoms with Crippen LogP contribution in [0.3, 0.4) is 0 Å². The minimum atomic E-state index is -0.0937. The molecule has 2 amide bonds. The second-order valence-electron chi connectivity index (χ2n) is 6.96. The Morgan fingerprint density at radius 3 is 2.14 bits per heavy atom. The first kappa shape index (κ1) is 12.4. The number of nitrogens with zero attached hydrogens (tertiary/aromatic N) is 1. The third-order valence-electron chi connectivity index (χ3n) is 5.97. The van der Waals surface area contributed by atoms with Crippen LogP contribution < -0.4 is 5.32 Å². The number of carbonyl (C=O) groups excluding carboxylic acids is 2. The van der Waals surface area contributed by atoms with Gasteiger partial charge in [-0.05, 0) is 42.2 Å². The van der Waals surface area contributed by atoms with E-state index in [1.165, 1.54) is 11.3 Å². The van der Waals surface area contributed by atoms with Gasteiger partial charge in [0.15, 0.2) is 0 Å². The minimum Gasteiger partial charge on any atom is -0.367 e. The van der Waals surface area contributed by atoms with E-state index in [9.17, 15) is 9.59 Å². The number of amides is 2. The topological polar surface area (TPSA) is 49.4 Å². The van der Waals surface area contributed by atoms with Gasteiger partial charge >= 0.3 is 0 Å². The zero-order valence-corrected chi connectivity index (χ0v) is 12.2. The Labute approximate surface area is 129 Å². The van der Waals surface area contributed by atoms with Crippen molar-refractivity contribution < 1.29 is 9.59 Å². The molecule has 0 radical (unpaired) electrons. The van der Waals surface area contributed by atoms with Crippen LogP contribution in [0.5, 0.6) is 0 Å². The summed E-state index contributed by atoms with van der Waals surface area (Å²) < 4.78 is 0. The van der Waals surface area contributed by atoms with Crippen LogP contribution in [-0.2, 0) is 9.59 Å². The van der Waals surface area contributed by atoms with Gasteiger partial charge in [-0.2, -0.15) is 0 Å². The first-order valence-electron chi connectivity index (χ1n) is 8.08. The largest absolute Gasteiger partial charge is 0.367 e. The van der Waals surface area contributed by atoms with Crippen LogP contribution in [0.4, 0.5) is 5.69 Å². The first-order valence-corrected chi connectivity index (χ1v) is 8.08. The van der Waals surface area contributed by atoms with Crippen LogP contribution in [0.15, 0.2) is 42.5 Å². The Hall–Kier alpha value is -2.10. The van der Waals surface area contributed by atoms with E-state index < -0.39 is 0 Å². The molecule has 0 unspecified atom stereocenters. The molecule has 2 bridgehead atoms. The summed E-state index contributed by atoms with van der Waals surface area (Å²) >= 11 is 0. The second kappa shape index (κ2) is 4.22. The lowest BCUT2D eigenvalue weighted by Crippen LogP contribution is -2.40. The van der Waals surface area contributed by atoms with Gasteiger partial charge in [-0.3, -0.25) is 14.5 Å². The molecule has 22 heavy (non-hydrogen) atoms. The van der Waals surface area contributed by atoms with E-state index in [0.29, 0.717) is 23.7 Å². The lowest BCUT2D eigenvalue weighted by Gasteiger charge is -2.37. The highest BCUT2D eigenvalue weighted by atomic mass is 16.2. The molecular weight excluding hydrogens is 276 g/mol. The number of hydrogen-bond donors (Lipinski definition) is 1. The van der Waals surface area contributed by atoms with Gasteiger partial charge in [-0.15, -0.1) is 0 Å². The Morgan fingerprint density at radius 2 is 1.55 bits per heavy atom. The fourth-order valence-electron chi connectivity index (χ4n) is 4.90. The maximum absolute atomic E-state index is 12.8. The summed E-state index contributed by atoms with van der Waals surface area (Å²) in [7, 11) is 0. The SMILES string of the molecule is O=C1[C@@H]2[C@H]3C=C[C@@H]([C@@H]4C[C@H]34)[C@H]2C(=O)N1CNc1ccccc1. The molecule has 1 heterocycles. The summed E-state index contributed by atoms with van der Waals surface area (Å²) in [4.78, 5) is 27.0. The molecule has 112 valence electrons. The van der Waals surface area contributed by atoms with Crippen molar-refractivity contribution in [1.82, 2.24) is 4.90 Å². The quantitative estimate of drug-likeness (QED) is 0.686. The van der Waals surface area contributed by atoms with Gasteiger partial charge in [0.1, 0.15) is 0 Å². The normalized spacial score (nSPS) is 40.6. The Balaban J connectivity index is 1.38. The highest BCUT2D eigenvalue weighted by Gasteiger charge is 2.66. The summed E-state index contributed by atoms with van der Waals surface area (Å²) in [5, 5.41) is 3.19. The van der Waals surface area contributed by atoms with Crippen molar-refractivity contribution in [3.8, 4) is 0 Å². The predicted octanol–water partition coefficient (Wildman–Crippen LogP) is 2.11. The molecule has 1 N–H and O–H groups in total. The molecule has 1 aromatic carbocycles. The molecule has 6 atom stereocenters. The number of likely N-dealkylation sites (tertiary alicyclic amines) is 1. The summed E-state index contributed by atoms with van der Waals surface area (Å²) in [6, 6.07) is 9.71. The lowest BCUT2D eigenvalue weighted by atomic mass is 9.63. The molecule has 5 aliphatic rings. The molecule has 2 saturated carbocycles. The molecular formula is C18H18N2O2. The third-order valence-corrected chi connectivity index (χ3v) is 5.97. The van der Waals surface area contributed by atoms with Gasteiger partial charge < -0.3 is 5.32 Å². The fourth-order valence-corrected chi connectivity index (χ4v) is 4.90. The predicted molar refractivity (Wildman–Crippen MR) is 81.5 cm³/mol. The van der Waals surface area contributed by atoms with Gasteiger partial charge in [0.25, 0.3) is 0 Å². The van der Waals surface area contributed by atoms with E-state index in [1.54, 1.807) is 0 Å². The second-order valence-corrected chi connectivity index (χ2v) is 6.96. The van der Waals surface area contributed by atoms with Crippen molar-refractivity contribution in [2.75, 3.05) is 12.0 Å². The summed E-state index contributed by atoms with van der Waals surface area (Å²) in [5.41, 5.74) is 0.932. The number of benzene rings is 1. The Kier molecular flexibility index (Phi) is 2.38. The molecule has 0 aromatic heterocycles. The third kappa shape index (κ3) is 1.52. The van der Waals surface area contributed by atoms with Crippen LogP contribution >= 0.6 is 0 Å². The number of anilines is 1. The van der Waals surface area contributed by atoms with E-state index in [2.05, 4.69) is 17.5 Å². The number of allylic oxidation sites excluding steroid dienone is 2. The van der Waals surface area contributed by atoms with E-state index in [-0.39, 0.29) is 30.3 Å². The molecule has 1 saturated heterocycles. The van der Waals surface area contributed by atoms with E-state index in [1.807, 2.05) is 30.3 Å². The number of imide groups is 1. The maximum Gasteiger partial charge on any atom is 0.235 e. The maximum atomic E-state index is 12.8. The molecule has 4 aliphatic carbocycles. The molecule has 1 aromatic rings. The summed E-state index contributed by atoms with van der Waals surface area (Å²) in [6.45, 7) is 0.281. The van der Waals surface area contributed by atoms with Gasteiger partial charge in [-0.25, -0.2) is 0 Å². The van der Waals surface area contributed by atoms with Gasteiger partial charge in [-0.1, -0.05) is 30.4 Å². The van der Waals surface area contributed by atoms with Gasteiger partial charge in [0.05, 0.1) is 18.5 Å². The smallest absolute Gasteiger partial charge is 0.235 e. The Bertz CT molecular complexity index is 648. The van der Waals surface area contributed by atoms with Crippen molar-refractivity contribution in [1.29, 1.82) is 0 Å². The zero-order valence-electron chi connectivity index (χ0n) is 12.2. The van der Waals surface area contributed by atoms with Gasteiger partial charge in [0.2, 0.25) is 11.8 Å². The van der Waals surface area contributed by atoms with Crippen molar-refractivity contribution in [2.45, 2.75) is 6.42 Å². The monoisotopic (exact) mass is 294 g/mol. The van der Waals surface area contributed by atoms with E-state index in [0.717, 1.165) is 5.69 Å².